The molecule has 2 aromatic carbocycles. The lowest BCUT2D eigenvalue weighted by Crippen LogP contribution is -2.39. The molecule has 0 radical (unpaired) electrons. The molecule has 0 aliphatic carbocycles. The van der Waals surface area contributed by atoms with E-state index in [0.29, 0.717) is 16.6 Å². The molecule has 0 bridgehead atoms. The molecule has 0 spiro atoms. The monoisotopic (exact) mass is 346 g/mol. The van der Waals surface area contributed by atoms with Gasteiger partial charge in [-0.25, -0.2) is 4.79 Å². The lowest BCUT2D eigenvalue weighted by molar-refractivity contribution is 0.181. The quantitative estimate of drug-likeness (QED) is 0.720. The minimum absolute atomic E-state index is 0.343. The van der Waals surface area contributed by atoms with Gasteiger partial charge in [-0.1, -0.05) is 49.7 Å². The summed E-state index contributed by atoms with van der Waals surface area (Å²) >= 11 is 6.06. The molecule has 2 amide bonds. The van der Waals surface area contributed by atoms with Crippen LogP contribution in [0.5, 0.6) is 5.75 Å². The van der Waals surface area contributed by atoms with Gasteiger partial charge in [-0.2, -0.15) is 0 Å². The average molecular weight is 347 g/mol. The summed E-state index contributed by atoms with van der Waals surface area (Å²) in [6.07, 6.45) is -0.467. The molecule has 1 unspecified atom stereocenters. The Labute approximate surface area is 148 Å². The van der Waals surface area contributed by atoms with Gasteiger partial charge >= 0.3 is 6.03 Å². The topological polar surface area (TPSA) is 50.4 Å². The fourth-order valence-corrected chi connectivity index (χ4v) is 2.49. The zero-order chi connectivity index (χ0) is 17.7. The Morgan fingerprint density at radius 2 is 1.83 bits per heavy atom. The smallest absolute Gasteiger partial charge is 0.322 e. The van der Waals surface area contributed by atoms with Gasteiger partial charge in [0.05, 0.1) is 0 Å². The molecule has 4 nitrogen and oxygen atoms in total. The summed E-state index contributed by atoms with van der Waals surface area (Å²) in [4.78, 5) is 12.1. The van der Waals surface area contributed by atoms with Crippen LogP contribution in [0.1, 0.15) is 37.8 Å². The van der Waals surface area contributed by atoms with Crippen LogP contribution in [0.4, 0.5) is 10.5 Å². The number of aryl methyl sites for hydroxylation is 1. The standard InChI is InChI=1S/C19H23ClN2O2/c1-12(2)16-7-5-6-8-18(16)24-14(4)21-19(23)22-15-10-9-13(3)17(20)11-15/h5-12,14H,1-4H3,(H2,21,22,23). The van der Waals surface area contributed by atoms with E-state index in [1.54, 1.807) is 19.1 Å². The summed E-state index contributed by atoms with van der Waals surface area (Å²) in [5.41, 5.74) is 2.71. The molecular weight excluding hydrogens is 324 g/mol. The van der Waals surface area contributed by atoms with E-state index in [1.165, 1.54) is 0 Å². The van der Waals surface area contributed by atoms with Crippen LogP contribution in [0.15, 0.2) is 42.5 Å². The third-order valence-electron chi connectivity index (χ3n) is 3.61. The van der Waals surface area contributed by atoms with Crippen LogP contribution in [0.2, 0.25) is 5.02 Å². The zero-order valence-corrected chi connectivity index (χ0v) is 15.1. The summed E-state index contributed by atoms with van der Waals surface area (Å²) in [6.45, 7) is 7.91. The molecule has 0 saturated carbocycles. The predicted octanol–water partition coefficient (Wildman–Crippen LogP) is 5.32. The van der Waals surface area contributed by atoms with Crippen molar-refractivity contribution in [2.75, 3.05) is 5.32 Å². The molecule has 128 valence electrons. The summed E-state index contributed by atoms with van der Waals surface area (Å²) in [5.74, 6) is 1.12. The van der Waals surface area contributed by atoms with E-state index in [-0.39, 0.29) is 6.03 Å². The van der Waals surface area contributed by atoms with Crippen molar-refractivity contribution in [3.8, 4) is 5.75 Å². The maximum atomic E-state index is 12.1. The number of rotatable bonds is 5. The summed E-state index contributed by atoms with van der Waals surface area (Å²) < 4.78 is 5.86. The van der Waals surface area contributed by atoms with Gasteiger partial charge in [-0.3, -0.25) is 0 Å². The maximum absolute atomic E-state index is 12.1. The van der Waals surface area contributed by atoms with Crippen molar-refractivity contribution >= 4 is 23.3 Å². The van der Waals surface area contributed by atoms with Crippen LogP contribution < -0.4 is 15.4 Å². The van der Waals surface area contributed by atoms with E-state index >= 15 is 0 Å². The van der Waals surface area contributed by atoms with Crippen LogP contribution in [0, 0.1) is 6.92 Å². The molecule has 2 aromatic rings. The third-order valence-corrected chi connectivity index (χ3v) is 4.02. The number of nitrogens with one attached hydrogen (secondary N) is 2. The van der Waals surface area contributed by atoms with Gasteiger partial charge < -0.3 is 15.4 Å². The Morgan fingerprint density at radius 3 is 2.50 bits per heavy atom. The van der Waals surface area contributed by atoms with Crippen molar-refractivity contribution in [1.29, 1.82) is 0 Å². The zero-order valence-electron chi connectivity index (χ0n) is 14.4. The number of anilines is 1. The lowest BCUT2D eigenvalue weighted by atomic mass is 10.0. The van der Waals surface area contributed by atoms with Crippen molar-refractivity contribution in [3.63, 3.8) is 0 Å². The summed E-state index contributed by atoms with van der Waals surface area (Å²) in [7, 11) is 0. The highest BCUT2D eigenvalue weighted by Gasteiger charge is 2.13. The molecular formula is C19H23ClN2O2. The van der Waals surface area contributed by atoms with Crippen LogP contribution in [0.3, 0.4) is 0 Å². The molecule has 24 heavy (non-hydrogen) atoms. The fourth-order valence-electron chi connectivity index (χ4n) is 2.31. The van der Waals surface area contributed by atoms with E-state index in [1.807, 2.05) is 37.3 Å². The first-order valence-electron chi connectivity index (χ1n) is 7.96. The minimum atomic E-state index is -0.467. The number of benzene rings is 2. The molecule has 0 heterocycles. The second kappa shape index (κ2) is 8.06. The van der Waals surface area contributed by atoms with E-state index in [2.05, 4.69) is 24.5 Å². The number of halogens is 1. The number of para-hydroxylation sites is 1. The number of carbonyl (C=O) groups is 1. The molecule has 5 heteroatoms. The molecule has 2 N–H and O–H groups in total. The second-order valence-corrected chi connectivity index (χ2v) is 6.42. The summed E-state index contributed by atoms with van der Waals surface area (Å²) in [6, 6.07) is 12.9. The molecule has 0 saturated heterocycles. The van der Waals surface area contributed by atoms with Gasteiger partial charge in [-0.15, -0.1) is 0 Å². The highest BCUT2D eigenvalue weighted by atomic mass is 35.5. The Morgan fingerprint density at radius 1 is 1.12 bits per heavy atom. The van der Waals surface area contributed by atoms with Crippen LogP contribution in [-0.2, 0) is 0 Å². The number of urea groups is 1. The second-order valence-electron chi connectivity index (χ2n) is 6.02. The molecule has 0 aliphatic rings. The van der Waals surface area contributed by atoms with Crippen molar-refractivity contribution < 1.29 is 9.53 Å². The van der Waals surface area contributed by atoms with Crippen LogP contribution in [0.25, 0.3) is 0 Å². The largest absolute Gasteiger partial charge is 0.471 e. The summed E-state index contributed by atoms with van der Waals surface area (Å²) in [5, 5.41) is 6.13. The minimum Gasteiger partial charge on any atom is -0.471 e. The SMILES string of the molecule is Cc1ccc(NC(=O)NC(C)Oc2ccccc2C(C)C)cc1Cl. The Balaban J connectivity index is 1.95. The van der Waals surface area contributed by atoms with Crippen molar-refractivity contribution in [3.05, 3.63) is 58.6 Å². The molecule has 2 rings (SSSR count). The molecule has 0 fully saturated rings. The van der Waals surface area contributed by atoms with Gasteiger partial charge in [-0.05, 0) is 49.1 Å². The Hall–Kier alpha value is -2.20. The normalized spacial score (nSPS) is 11.9. The van der Waals surface area contributed by atoms with Gasteiger partial charge in [0.2, 0.25) is 0 Å². The fraction of sp³-hybridized carbons (Fsp3) is 0.316. The first-order chi connectivity index (χ1) is 11.4. The van der Waals surface area contributed by atoms with Gasteiger partial charge in [0.15, 0.2) is 6.23 Å². The first-order valence-corrected chi connectivity index (χ1v) is 8.34. The Bertz CT molecular complexity index is 716. The lowest BCUT2D eigenvalue weighted by Gasteiger charge is -2.20. The molecule has 0 aliphatic heterocycles. The van der Waals surface area contributed by atoms with Gasteiger partial charge in [0.1, 0.15) is 5.75 Å². The highest BCUT2D eigenvalue weighted by molar-refractivity contribution is 6.31. The average Bonchev–Trinajstić information content (AvgIpc) is 2.51. The van der Waals surface area contributed by atoms with Gasteiger partial charge in [0, 0.05) is 10.7 Å². The highest BCUT2D eigenvalue weighted by Crippen LogP contribution is 2.26. The van der Waals surface area contributed by atoms with E-state index < -0.39 is 6.23 Å². The maximum Gasteiger partial charge on any atom is 0.322 e. The van der Waals surface area contributed by atoms with Crippen LogP contribution >= 0.6 is 11.6 Å². The number of ether oxygens (including phenoxy) is 1. The number of carbonyl (C=O) groups excluding carboxylic acids is 1. The number of amides is 2. The van der Waals surface area contributed by atoms with Crippen LogP contribution in [-0.4, -0.2) is 12.3 Å². The molecule has 0 aromatic heterocycles. The van der Waals surface area contributed by atoms with Crippen molar-refractivity contribution in [1.82, 2.24) is 5.32 Å². The van der Waals surface area contributed by atoms with E-state index in [4.69, 9.17) is 16.3 Å². The predicted molar refractivity (Wildman–Crippen MR) is 99.0 cm³/mol. The third kappa shape index (κ3) is 4.90. The van der Waals surface area contributed by atoms with Gasteiger partial charge in [0.25, 0.3) is 0 Å². The molecule has 1 atom stereocenters. The first kappa shape index (κ1) is 18.1. The van der Waals surface area contributed by atoms with E-state index in [0.717, 1.165) is 16.9 Å². The van der Waals surface area contributed by atoms with E-state index in [9.17, 15) is 4.79 Å². The number of hydrogen-bond donors (Lipinski definition) is 2. The van der Waals surface area contributed by atoms with Crippen molar-refractivity contribution in [2.24, 2.45) is 0 Å². The van der Waals surface area contributed by atoms with Crippen molar-refractivity contribution in [2.45, 2.75) is 39.8 Å². The Kier molecular flexibility index (Phi) is 6.10. The number of hydrogen-bond acceptors (Lipinski definition) is 2.